The predicted octanol–water partition coefficient (Wildman–Crippen LogP) is 3.28. The molecule has 0 unspecified atom stereocenters. The van der Waals surface area contributed by atoms with E-state index in [1.807, 2.05) is 60.7 Å². The first-order chi connectivity index (χ1) is 14.1. The Morgan fingerprint density at radius 3 is 2.03 bits per heavy atom. The molecule has 1 aliphatic rings. The molecule has 0 aromatic heterocycles. The van der Waals surface area contributed by atoms with Gasteiger partial charge in [-0.2, -0.15) is 0 Å². The fraction of sp³-hybridized carbons (Fsp3) is 0.0870. The summed E-state index contributed by atoms with van der Waals surface area (Å²) in [5, 5.41) is 2.21. The van der Waals surface area contributed by atoms with Crippen molar-refractivity contribution in [3.8, 4) is 5.75 Å². The molecule has 1 aliphatic heterocycles. The van der Waals surface area contributed by atoms with Gasteiger partial charge >= 0.3 is 5.97 Å². The van der Waals surface area contributed by atoms with Crippen molar-refractivity contribution >= 4 is 17.8 Å². The second kappa shape index (κ2) is 7.98. The smallest absolute Gasteiger partial charge is 0.345 e. The lowest BCUT2D eigenvalue weighted by Gasteiger charge is -2.19. The molecule has 4 rings (SSSR count). The highest BCUT2D eigenvalue weighted by atomic mass is 16.6. The van der Waals surface area contributed by atoms with Crippen LogP contribution in [-0.4, -0.2) is 24.4 Å². The largest absolute Gasteiger partial charge is 0.481 e. The molecule has 3 aromatic carbocycles. The first-order valence-electron chi connectivity index (χ1n) is 9.04. The Balaban J connectivity index is 1.50. The molecule has 1 N–H and O–H groups in total. The van der Waals surface area contributed by atoms with Gasteiger partial charge in [0, 0.05) is 0 Å². The summed E-state index contributed by atoms with van der Waals surface area (Å²) in [4.78, 5) is 36.2. The lowest BCUT2D eigenvalue weighted by atomic mass is 10.0. The number of benzene rings is 3. The summed E-state index contributed by atoms with van der Waals surface area (Å²) in [6.45, 7) is -0.395. The van der Waals surface area contributed by atoms with Gasteiger partial charge in [0.1, 0.15) is 5.75 Å². The molecule has 0 radical (unpaired) electrons. The minimum Gasteiger partial charge on any atom is -0.481 e. The van der Waals surface area contributed by atoms with E-state index in [9.17, 15) is 14.4 Å². The second-order valence-corrected chi connectivity index (χ2v) is 6.44. The molecule has 144 valence electrons. The predicted molar refractivity (Wildman–Crippen MR) is 105 cm³/mol. The molecule has 0 aliphatic carbocycles. The zero-order chi connectivity index (χ0) is 20.2. The molecule has 3 aromatic rings. The second-order valence-electron chi connectivity index (χ2n) is 6.44. The molecule has 0 spiro atoms. The molecule has 1 heterocycles. The highest BCUT2D eigenvalue weighted by Gasteiger charge is 2.30. The number of nitrogens with one attached hydrogen (secondary N) is 1. The third kappa shape index (κ3) is 3.87. The fourth-order valence-corrected chi connectivity index (χ4v) is 3.19. The monoisotopic (exact) mass is 387 g/mol. The van der Waals surface area contributed by atoms with Crippen LogP contribution in [0.1, 0.15) is 37.9 Å². The van der Waals surface area contributed by atoms with Crippen molar-refractivity contribution in [1.82, 2.24) is 5.32 Å². The summed E-state index contributed by atoms with van der Waals surface area (Å²) in [5.74, 6) is -1.45. The Kier molecular flexibility index (Phi) is 5.07. The molecule has 0 atom stereocenters. The maximum Gasteiger partial charge on any atom is 0.345 e. The normalized spacial score (nSPS) is 12.4. The van der Waals surface area contributed by atoms with Crippen LogP contribution in [0.15, 0.2) is 78.9 Å². The van der Waals surface area contributed by atoms with Crippen LogP contribution in [0.25, 0.3) is 0 Å². The summed E-state index contributed by atoms with van der Waals surface area (Å²) in [6, 6.07) is 23.5. The van der Waals surface area contributed by atoms with E-state index in [0.29, 0.717) is 0 Å². The molecule has 0 bridgehead atoms. The number of hydrogen-bond donors (Lipinski definition) is 1. The molecular formula is C23H17NO5. The van der Waals surface area contributed by atoms with Crippen molar-refractivity contribution in [2.24, 2.45) is 0 Å². The van der Waals surface area contributed by atoms with E-state index >= 15 is 0 Å². The minimum atomic E-state index is -0.593. The Morgan fingerprint density at radius 2 is 1.41 bits per heavy atom. The molecule has 6 heteroatoms. The van der Waals surface area contributed by atoms with Crippen molar-refractivity contribution < 1.29 is 23.9 Å². The van der Waals surface area contributed by atoms with Crippen molar-refractivity contribution in [2.45, 2.75) is 6.10 Å². The van der Waals surface area contributed by atoms with Crippen LogP contribution < -0.4 is 10.1 Å². The third-order valence-corrected chi connectivity index (χ3v) is 4.52. The van der Waals surface area contributed by atoms with Crippen LogP contribution >= 0.6 is 0 Å². The summed E-state index contributed by atoms with van der Waals surface area (Å²) < 4.78 is 11.2. The number of carbonyl (C=O) groups excluding carboxylic acids is 3. The van der Waals surface area contributed by atoms with E-state index in [-0.39, 0.29) is 16.9 Å². The van der Waals surface area contributed by atoms with Gasteiger partial charge < -0.3 is 9.47 Å². The van der Waals surface area contributed by atoms with Gasteiger partial charge in [0.05, 0.1) is 11.1 Å². The number of imide groups is 1. The van der Waals surface area contributed by atoms with Crippen LogP contribution in [-0.2, 0) is 9.53 Å². The van der Waals surface area contributed by atoms with E-state index in [2.05, 4.69) is 5.32 Å². The van der Waals surface area contributed by atoms with E-state index < -0.39 is 30.5 Å². The van der Waals surface area contributed by atoms with Crippen LogP contribution in [0.4, 0.5) is 0 Å². The molecule has 0 saturated carbocycles. The first kappa shape index (κ1) is 18.4. The van der Waals surface area contributed by atoms with Gasteiger partial charge in [0.15, 0.2) is 12.7 Å². The molecule has 6 nitrogen and oxygen atoms in total. The van der Waals surface area contributed by atoms with Crippen molar-refractivity contribution in [3.05, 3.63) is 101 Å². The summed E-state index contributed by atoms with van der Waals surface area (Å²) in [6.07, 6.45) is -0.583. The van der Waals surface area contributed by atoms with Crippen molar-refractivity contribution in [1.29, 1.82) is 0 Å². The summed E-state index contributed by atoms with van der Waals surface area (Å²) in [7, 11) is 0. The SMILES string of the molecule is O=C(COc1cccc2c1C(=O)NC2=O)OC(c1ccccc1)c1ccccc1. The first-order valence-corrected chi connectivity index (χ1v) is 9.04. The Bertz CT molecular complexity index is 1020. The Labute approximate surface area is 167 Å². The maximum absolute atomic E-state index is 12.5. The fourth-order valence-electron chi connectivity index (χ4n) is 3.19. The average molecular weight is 387 g/mol. The number of esters is 1. The Hall–Kier alpha value is -3.93. The highest BCUT2D eigenvalue weighted by Crippen LogP contribution is 2.28. The lowest BCUT2D eigenvalue weighted by molar-refractivity contribution is -0.150. The number of fused-ring (bicyclic) bond motifs is 1. The number of hydrogen-bond acceptors (Lipinski definition) is 5. The van der Waals surface area contributed by atoms with Crippen molar-refractivity contribution in [2.75, 3.05) is 6.61 Å². The zero-order valence-corrected chi connectivity index (χ0v) is 15.3. The van der Waals surface area contributed by atoms with Gasteiger partial charge in [0.2, 0.25) is 0 Å². The number of ether oxygens (including phenoxy) is 2. The quantitative estimate of drug-likeness (QED) is 0.519. The molecule has 2 amide bonds. The minimum absolute atomic E-state index is 0.132. The molecule has 0 fully saturated rings. The molecule has 29 heavy (non-hydrogen) atoms. The lowest BCUT2D eigenvalue weighted by Crippen LogP contribution is -2.21. The van der Waals surface area contributed by atoms with Gasteiger partial charge in [-0.1, -0.05) is 66.7 Å². The van der Waals surface area contributed by atoms with Gasteiger partial charge in [-0.3, -0.25) is 14.9 Å². The zero-order valence-electron chi connectivity index (χ0n) is 15.3. The average Bonchev–Trinajstić information content (AvgIpc) is 3.06. The number of carbonyl (C=O) groups is 3. The number of amides is 2. The van der Waals surface area contributed by atoms with Gasteiger partial charge in [-0.25, -0.2) is 4.79 Å². The number of rotatable bonds is 6. The van der Waals surface area contributed by atoms with Gasteiger partial charge in [-0.05, 0) is 23.3 Å². The topological polar surface area (TPSA) is 81.7 Å². The third-order valence-electron chi connectivity index (χ3n) is 4.52. The molecule has 0 saturated heterocycles. The summed E-state index contributed by atoms with van der Waals surface area (Å²) >= 11 is 0. The highest BCUT2D eigenvalue weighted by molar-refractivity contribution is 6.22. The van der Waals surface area contributed by atoms with Crippen LogP contribution in [0.2, 0.25) is 0 Å². The Morgan fingerprint density at radius 1 is 0.793 bits per heavy atom. The van der Waals surface area contributed by atoms with Gasteiger partial charge in [-0.15, -0.1) is 0 Å². The van der Waals surface area contributed by atoms with Crippen LogP contribution in [0.3, 0.4) is 0 Å². The van der Waals surface area contributed by atoms with Gasteiger partial charge in [0.25, 0.3) is 11.8 Å². The van der Waals surface area contributed by atoms with E-state index in [1.54, 1.807) is 6.07 Å². The van der Waals surface area contributed by atoms with Crippen molar-refractivity contribution in [3.63, 3.8) is 0 Å². The van der Waals surface area contributed by atoms with E-state index in [4.69, 9.17) is 9.47 Å². The van der Waals surface area contributed by atoms with E-state index in [0.717, 1.165) is 11.1 Å². The maximum atomic E-state index is 12.5. The van der Waals surface area contributed by atoms with Crippen LogP contribution in [0.5, 0.6) is 5.75 Å². The van der Waals surface area contributed by atoms with E-state index in [1.165, 1.54) is 12.1 Å². The summed E-state index contributed by atoms with van der Waals surface area (Å²) in [5.41, 5.74) is 2.02. The molecular weight excluding hydrogens is 370 g/mol. The standard InChI is InChI=1S/C23H17NO5/c25-19(14-28-18-13-7-12-17-20(18)23(27)24-22(17)26)29-21(15-8-3-1-4-9-15)16-10-5-2-6-11-16/h1-13,21H,14H2,(H,24,26,27). The van der Waals surface area contributed by atoms with Crippen LogP contribution in [0, 0.1) is 0 Å².